The van der Waals surface area contributed by atoms with Crippen molar-refractivity contribution in [3.63, 3.8) is 0 Å². The Morgan fingerprint density at radius 1 is 1.47 bits per heavy atom. The molecule has 4 nitrogen and oxygen atoms in total. The quantitative estimate of drug-likeness (QED) is 0.569. The van der Waals surface area contributed by atoms with Crippen molar-refractivity contribution in [1.82, 2.24) is 20.1 Å². The third-order valence-corrected chi connectivity index (χ3v) is 3.15. The maximum absolute atomic E-state index is 4.02. The average Bonchev–Trinajstić information content (AvgIpc) is 2.57. The van der Waals surface area contributed by atoms with E-state index in [-0.39, 0.29) is 0 Å². The van der Waals surface area contributed by atoms with Gasteiger partial charge in [-0.3, -0.25) is 0 Å². The Morgan fingerprint density at radius 2 is 2.27 bits per heavy atom. The molecular formula is C10H20N4S. The number of aryl methyl sites for hydroxylation is 1. The van der Waals surface area contributed by atoms with E-state index < -0.39 is 0 Å². The molecule has 0 spiro atoms. The topological polar surface area (TPSA) is 42.7 Å². The summed E-state index contributed by atoms with van der Waals surface area (Å²) >= 11 is 1.77. The van der Waals surface area contributed by atoms with Crippen LogP contribution in [-0.2, 0) is 7.05 Å². The summed E-state index contributed by atoms with van der Waals surface area (Å²) in [7, 11) is 1.97. The number of unbranched alkanes of at least 4 members (excludes halogenated alkanes) is 1. The number of rotatable bonds is 7. The Balaban J connectivity index is 2.00. The molecule has 0 bridgehead atoms. The minimum atomic E-state index is 0.594. The smallest absolute Gasteiger partial charge is 0.190 e. The monoisotopic (exact) mass is 228 g/mol. The molecule has 0 radical (unpaired) electrons. The van der Waals surface area contributed by atoms with Gasteiger partial charge < -0.3 is 9.88 Å². The first-order valence-corrected chi connectivity index (χ1v) is 6.39. The highest BCUT2D eigenvalue weighted by Crippen LogP contribution is 2.14. The van der Waals surface area contributed by atoms with Crippen molar-refractivity contribution in [3.8, 4) is 0 Å². The lowest BCUT2D eigenvalue weighted by molar-refractivity contribution is 0.567. The molecule has 1 aromatic heterocycles. The number of thioether (sulfide) groups is 1. The summed E-state index contributed by atoms with van der Waals surface area (Å²) in [5, 5.41) is 12.3. The molecule has 0 atom stereocenters. The highest BCUT2D eigenvalue weighted by Gasteiger charge is 2.00. The van der Waals surface area contributed by atoms with Gasteiger partial charge in [0.2, 0.25) is 0 Å². The minimum absolute atomic E-state index is 0.594. The lowest BCUT2D eigenvalue weighted by Crippen LogP contribution is -2.23. The predicted octanol–water partition coefficient (Wildman–Crippen LogP) is 1.69. The van der Waals surface area contributed by atoms with E-state index in [1.165, 1.54) is 12.8 Å². The zero-order chi connectivity index (χ0) is 11.1. The summed E-state index contributed by atoms with van der Waals surface area (Å²) in [5.41, 5.74) is 0. The van der Waals surface area contributed by atoms with Gasteiger partial charge in [0.1, 0.15) is 6.33 Å². The van der Waals surface area contributed by atoms with Gasteiger partial charge in [-0.1, -0.05) is 25.6 Å². The molecule has 0 fully saturated rings. The Kier molecular flexibility index (Phi) is 5.71. The molecule has 86 valence electrons. The van der Waals surface area contributed by atoms with Gasteiger partial charge >= 0.3 is 0 Å². The number of hydrogen-bond donors (Lipinski definition) is 1. The van der Waals surface area contributed by atoms with E-state index in [1.54, 1.807) is 18.1 Å². The first-order chi connectivity index (χ1) is 7.20. The van der Waals surface area contributed by atoms with Crippen molar-refractivity contribution in [2.75, 3.05) is 12.3 Å². The van der Waals surface area contributed by atoms with Crippen LogP contribution < -0.4 is 5.32 Å². The maximum Gasteiger partial charge on any atom is 0.190 e. The zero-order valence-corrected chi connectivity index (χ0v) is 10.5. The summed E-state index contributed by atoms with van der Waals surface area (Å²) in [4.78, 5) is 0. The van der Waals surface area contributed by atoms with Gasteiger partial charge in [-0.2, -0.15) is 0 Å². The standard InChI is InChI=1S/C10H20N4S/c1-9(2)11-6-4-5-7-15-10-13-12-8-14(10)3/h8-9,11H,4-7H2,1-3H3. The molecule has 1 rings (SSSR count). The Morgan fingerprint density at radius 3 is 2.87 bits per heavy atom. The fraction of sp³-hybridized carbons (Fsp3) is 0.800. The largest absolute Gasteiger partial charge is 0.315 e. The summed E-state index contributed by atoms with van der Waals surface area (Å²) in [6, 6.07) is 0.594. The molecule has 0 saturated heterocycles. The molecule has 5 heteroatoms. The molecule has 15 heavy (non-hydrogen) atoms. The summed E-state index contributed by atoms with van der Waals surface area (Å²) < 4.78 is 1.96. The lowest BCUT2D eigenvalue weighted by Gasteiger charge is -2.06. The molecule has 0 amide bonds. The van der Waals surface area contributed by atoms with E-state index >= 15 is 0 Å². The predicted molar refractivity (Wildman–Crippen MR) is 64.1 cm³/mol. The van der Waals surface area contributed by atoms with Gasteiger partial charge in [0.05, 0.1) is 0 Å². The maximum atomic E-state index is 4.02. The van der Waals surface area contributed by atoms with Crippen LogP contribution in [0.25, 0.3) is 0 Å². The highest BCUT2D eigenvalue weighted by molar-refractivity contribution is 7.99. The SMILES string of the molecule is CC(C)NCCCCSc1nncn1C. The zero-order valence-electron chi connectivity index (χ0n) is 9.73. The normalized spacial score (nSPS) is 11.2. The third kappa shape index (κ3) is 5.18. The average molecular weight is 228 g/mol. The molecule has 0 aliphatic heterocycles. The van der Waals surface area contributed by atoms with Crippen LogP contribution in [0, 0.1) is 0 Å². The molecule has 0 aliphatic carbocycles. The molecule has 1 heterocycles. The van der Waals surface area contributed by atoms with Crippen molar-refractivity contribution in [2.45, 2.75) is 37.9 Å². The Hall–Kier alpha value is -0.550. The van der Waals surface area contributed by atoms with E-state index in [9.17, 15) is 0 Å². The number of nitrogens with one attached hydrogen (secondary N) is 1. The first kappa shape index (κ1) is 12.5. The van der Waals surface area contributed by atoms with E-state index in [2.05, 4.69) is 29.4 Å². The molecule has 1 N–H and O–H groups in total. The van der Waals surface area contributed by atoms with Crippen LogP contribution in [0.1, 0.15) is 26.7 Å². The van der Waals surface area contributed by atoms with Crippen molar-refractivity contribution in [3.05, 3.63) is 6.33 Å². The minimum Gasteiger partial charge on any atom is -0.315 e. The van der Waals surface area contributed by atoms with Gasteiger partial charge in [0, 0.05) is 18.8 Å². The van der Waals surface area contributed by atoms with Crippen LogP contribution in [-0.4, -0.2) is 33.1 Å². The number of nitrogens with zero attached hydrogens (tertiary/aromatic N) is 3. The van der Waals surface area contributed by atoms with Crippen LogP contribution in [0.2, 0.25) is 0 Å². The van der Waals surface area contributed by atoms with Crippen LogP contribution in [0.5, 0.6) is 0 Å². The van der Waals surface area contributed by atoms with Crippen LogP contribution in [0.15, 0.2) is 11.5 Å². The van der Waals surface area contributed by atoms with Crippen LogP contribution in [0.3, 0.4) is 0 Å². The molecule has 1 aromatic rings. The van der Waals surface area contributed by atoms with E-state index in [0.29, 0.717) is 6.04 Å². The second-order valence-corrected chi connectivity index (χ2v) is 4.95. The number of aromatic nitrogens is 3. The van der Waals surface area contributed by atoms with Crippen molar-refractivity contribution >= 4 is 11.8 Å². The van der Waals surface area contributed by atoms with E-state index in [0.717, 1.165) is 17.5 Å². The Labute approximate surface area is 95.9 Å². The van der Waals surface area contributed by atoms with Crippen molar-refractivity contribution in [2.24, 2.45) is 7.05 Å². The second-order valence-electron chi connectivity index (χ2n) is 3.89. The summed E-state index contributed by atoms with van der Waals surface area (Å²) in [6.07, 6.45) is 4.18. The summed E-state index contributed by atoms with van der Waals surface area (Å²) in [5.74, 6) is 1.12. The van der Waals surface area contributed by atoms with E-state index in [4.69, 9.17) is 0 Å². The van der Waals surface area contributed by atoms with Crippen LogP contribution >= 0.6 is 11.8 Å². The molecular weight excluding hydrogens is 208 g/mol. The van der Waals surface area contributed by atoms with Crippen molar-refractivity contribution < 1.29 is 0 Å². The lowest BCUT2D eigenvalue weighted by atomic mass is 10.3. The van der Waals surface area contributed by atoms with Crippen LogP contribution in [0.4, 0.5) is 0 Å². The summed E-state index contributed by atoms with van der Waals surface area (Å²) in [6.45, 7) is 5.46. The third-order valence-electron chi connectivity index (χ3n) is 2.02. The Bertz CT molecular complexity index is 272. The highest BCUT2D eigenvalue weighted by atomic mass is 32.2. The van der Waals surface area contributed by atoms with E-state index in [1.807, 2.05) is 11.6 Å². The van der Waals surface area contributed by atoms with Crippen molar-refractivity contribution in [1.29, 1.82) is 0 Å². The number of hydrogen-bond acceptors (Lipinski definition) is 4. The molecule has 0 unspecified atom stereocenters. The van der Waals surface area contributed by atoms with Gasteiger partial charge in [-0.15, -0.1) is 10.2 Å². The molecule has 0 aliphatic rings. The van der Waals surface area contributed by atoms with Gasteiger partial charge in [-0.05, 0) is 19.4 Å². The fourth-order valence-corrected chi connectivity index (χ4v) is 2.07. The fourth-order valence-electron chi connectivity index (χ4n) is 1.18. The van der Waals surface area contributed by atoms with Gasteiger partial charge in [0.15, 0.2) is 5.16 Å². The molecule has 0 aromatic carbocycles. The van der Waals surface area contributed by atoms with Gasteiger partial charge in [0.25, 0.3) is 0 Å². The second kappa shape index (κ2) is 6.85. The first-order valence-electron chi connectivity index (χ1n) is 5.40. The van der Waals surface area contributed by atoms with Gasteiger partial charge in [-0.25, -0.2) is 0 Å². The molecule has 0 saturated carbocycles.